The lowest BCUT2D eigenvalue weighted by molar-refractivity contribution is 0.660. The summed E-state index contributed by atoms with van der Waals surface area (Å²) in [6.07, 6.45) is 0. The number of benzene rings is 9. The van der Waals surface area contributed by atoms with E-state index < -0.39 is 0 Å². The van der Waals surface area contributed by atoms with Crippen molar-refractivity contribution in [2.45, 2.75) is 19.3 Å². The van der Waals surface area contributed by atoms with Gasteiger partial charge in [-0.15, -0.1) is 0 Å². The highest BCUT2D eigenvalue weighted by atomic mass is 16.3. The first kappa shape index (κ1) is 32.8. The Morgan fingerprint density at radius 3 is 1.81 bits per heavy atom. The van der Waals surface area contributed by atoms with Gasteiger partial charge in [0.25, 0.3) is 0 Å². The molecule has 0 bridgehead atoms. The molecule has 3 nitrogen and oxygen atoms in total. The topological polar surface area (TPSA) is 29.5 Å². The third-order valence-electron chi connectivity index (χ3n) is 12.5. The summed E-state index contributed by atoms with van der Waals surface area (Å²) in [5.41, 5.74) is 16.3. The van der Waals surface area contributed by atoms with Gasteiger partial charge in [0.15, 0.2) is 0 Å². The van der Waals surface area contributed by atoms with Crippen molar-refractivity contribution in [2.75, 3.05) is 4.90 Å². The summed E-state index contributed by atoms with van der Waals surface area (Å²) in [6.45, 7) is 4.69. The molecule has 0 aliphatic heterocycles. The number of hydrogen-bond donors (Lipinski definition) is 0. The zero-order chi connectivity index (χ0) is 38.5. The minimum atomic E-state index is -0.147. The van der Waals surface area contributed by atoms with Crippen LogP contribution in [0, 0.1) is 0 Å². The molecule has 0 radical (unpaired) electrons. The van der Waals surface area contributed by atoms with Crippen molar-refractivity contribution >= 4 is 71.7 Å². The van der Waals surface area contributed by atoms with Crippen LogP contribution in [0.4, 0.5) is 17.1 Å². The molecule has 1 aliphatic carbocycles. The Labute approximate surface area is 336 Å². The van der Waals surface area contributed by atoms with Crippen molar-refractivity contribution in [3.63, 3.8) is 0 Å². The van der Waals surface area contributed by atoms with Crippen LogP contribution in [0.1, 0.15) is 25.0 Å². The second-order valence-electron chi connectivity index (χ2n) is 16.1. The van der Waals surface area contributed by atoms with E-state index in [2.05, 4.69) is 195 Å². The van der Waals surface area contributed by atoms with Crippen molar-refractivity contribution in [2.24, 2.45) is 0 Å². The summed E-state index contributed by atoms with van der Waals surface area (Å²) in [5.74, 6) is 0. The maximum absolute atomic E-state index is 6.81. The van der Waals surface area contributed by atoms with E-state index in [-0.39, 0.29) is 5.41 Å². The monoisotopic (exact) mass is 743 g/mol. The second kappa shape index (κ2) is 12.3. The SMILES string of the molecule is CC1(C)c2ccccc2-c2ccc(N(c3ccc(-c4cccc5c4oc4ccccc45)cc3)c3ccccc3-c3cccc4c3oc3cc5ccccc5cc34)cc21. The van der Waals surface area contributed by atoms with E-state index in [4.69, 9.17) is 8.83 Å². The van der Waals surface area contributed by atoms with E-state index in [0.29, 0.717) is 0 Å². The number of rotatable bonds is 5. The average molecular weight is 744 g/mol. The fourth-order valence-corrected chi connectivity index (χ4v) is 9.61. The Balaban J connectivity index is 1.05. The molecule has 0 N–H and O–H groups in total. The molecule has 0 saturated heterocycles. The van der Waals surface area contributed by atoms with Crippen LogP contribution in [0.2, 0.25) is 0 Å². The molecule has 0 atom stereocenters. The first-order valence-electron chi connectivity index (χ1n) is 20.0. The van der Waals surface area contributed by atoms with Crippen LogP contribution in [0.3, 0.4) is 0 Å². The normalized spacial score (nSPS) is 13.1. The smallest absolute Gasteiger partial charge is 0.143 e. The van der Waals surface area contributed by atoms with E-state index in [1.807, 2.05) is 12.1 Å². The Kier molecular flexibility index (Phi) is 6.98. The maximum atomic E-state index is 6.81. The Hall–Kier alpha value is -7.36. The molecule has 0 unspecified atom stereocenters. The van der Waals surface area contributed by atoms with Crippen molar-refractivity contribution < 1.29 is 8.83 Å². The highest BCUT2D eigenvalue weighted by Crippen LogP contribution is 2.52. The number of fused-ring (bicyclic) bond motifs is 10. The molecule has 1 aliphatic rings. The third kappa shape index (κ3) is 4.80. The van der Waals surface area contributed by atoms with Gasteiger partial charge in [0.05, 0.1) is 5.69 Å². The van der Waals surface area contributed by atoms with E-state index in [1.54, 1.807) is 0 Å². The van der Waals surface area contributed by atoms with Gasteiger partial charge in [-0.25, -0.2) is 0 Å². The van der Waals surface area contributed by atoms with Crippen LogP contribution in [0.5, 0.6) is 0 Å². The lowest BCUT2D eigenvalue weighted by Crippen LogP contribution is -2.16. The summed E-state index contributed by atoms with van der Waals surface area (Å²) < 4.78 is 13.3. The van der Waals surface area contributed by atoms with Crippen LogP contribution < -0.4 is 4.90 Å². The molecule has 12 rings (SSSR count). The van der Waals surface area contributed by atoms with E-state index >= 15 is 0 Å². The van der Waals surface area contributed by atoms with Crippen molar-refractivity contribution in [3.05, 3.63) is 199 Å². The minimum absolute atomic E-state index is 0.147. The second-order valence-corrected chi connectivity index (χ2v) is 16.1. The van der Waals surface area contributed by atoms with Gasteiger partial charge in [-0.2, -0.15) is 0 Å². The lowest BCUT2D eigenvalue weighted by atomic mass is 9.82. The van der Waals surface area contributed by atoms with E-state index in [9.17, 15) is 0 Å². The van der Waals surface area contributed by atoms with Gasteiger partial charge in [0.2, 0.25) is 0 Å². The van der Waals surface area contributed by atoms with Crippen LogP contribution in [0.25, 0.3) is 88.0 Å². The van der Waals surface area contributed by atoms with Gasteiger partial charge in [-0.05, 0) is 87.1 Å². The van der Waals surface area contributed by atoms with Crippen molar-refractivity contribution in [1.82, 2.24) is 0 Å². The minimum Gasteiger partial charge on any atom is -0.455 e. The molecule has 2 aromatic heterocycles. The molecule has 0 saturated carbocycles. The fourth-order valence-electron chi connectivity index (χ4n) is 9.61. The molecule has 9 aromatic carbocycles. The first-order chi connectivity index (χ1) is 28.5. The molecule has 3 heteroatoms. The number of nitrogens with zero attached hydrogens (tertiary/aromatic N) is 1. The molecule has 11 aromatic rings. The maximum Gasteiger partial charge on any atom is 0.143 e. The van der Waals surface area contributed by atoms with Crippen LogP contribution in [-0.4, -0.2) is 0 Å². The van der Waals surface area contributed by atoms with Gasteiger partial charge in [-0.3, -0.25) is 0 Å². The van der Waals surface area contributed by atoms with Crippen molar-refractivity contribution in [1.29, 1.82) is 0 Å². The molecule has 0 fully saturated rings. The molecule has 274 valence electrons. The highest BCUT2D eigenvalue weighted by Gasteiger charge is 2.36. The predicted molar refractivity (Wildman–Crippen MR) is 242 cm³/mol. The summed E-state index contributed by atoms with van der Waals surface area (Å²) in [7, 11) is 0. The van der Waals surface area contributed by atoms with Gasteiger partial charge >= 0.3 is 0 Å². The zero-order valence-electron chi connectivity index (χ0n) is 32.2. The molecule has 58 heavy (non-hydrogen) atoms. The largest absolute Gasteiger partial charge is 0.455 e. The van der Waals surface area contributed by atoms with E-state index in [1.165, 1.54) is 33.0 Å². The number of anilines is 3. The molecule has 2 heterocycles. The molecule has 0 spiro atoms. The van der Waals surface area contributed by atoms with Gasteiger partial charge in [0, 0.05) is 55.0 Å². The third-order valence-corrected chi connectivity index (χ3v) is 12.5. The van der Waals surface area contributed by atoms with Crippen LogP contribution >= 0.6 is 0 Å². The van der Waals surface area contributed by atoms with Gasteiger partial charge < -0.3 is 13.7 Å². The Morgan fingerprint density at radius 2 is 0.966 bits per heavy atom. The standard InChI is InChI=1S/C55H37NO2/c1-55(2)48-22-8-5-15-40(48)41-30-29-38(33-49(41)55)56(37-27-25-34(26-28-37)39-18-11-20-45-43-17-7-10-24-51(43)57-53(39)45)50-23-9-6-16-42(50)44-19-12-21-46-47-31-35-13-3-4-14-36(35)32-52(47)58-54(44)46/h3-33H,1-2H3. The van der Waals surface area contributed by atoms with Gasteiger partial charge in [-0.1, -0.05) is 153 Å². The number of para-hydroxylation sites is 4. The van der Waals surface area contributed by atoms with Gasteiger partial charge in [0.1, 0.15) is 22.3 Å². The quantitative estimate of drug-likeness (QED) is 0.176. The van der Waals surface area contributed by atoms with E-state index in [0.717, 1.165) is 83.2 Å². The predicted octanol–water partition coefficient (Wildman–Crippen LogP) is 15.7. The number of hydrogen-bond acceptors (Lipinski definition) is 3. The zero-order valence-corrected chi connectivity index (χ0v) is 32.2. The highest BCUT2D eigenvalue weighted by molar-refractivity contribution is 6.14. The summed E-state index contributed by atoms with van der Waals surface area (Å²) in [6, 6.07) is 67.7. The Morgan fingerprint density at radius 1 is 0.379 bits per heavy atom. The molecule has 0 amide bonds. The average Bonchev–Trinajstić information content (AvgIpc) is 3.91. The first-order valence-corrected chi connectivity index (χ1v) is 20.0. The molecular weight excluding hydrogens is 707 g/mol. The summed E-state index contributed by atoms with van der Waals surface area (Å²) in [4.78, 5) is 2.41. The summed E-state index contributed by atoms with van der Waals surface area (Å²) >= 11 is 0. The van der Waals surface area contributed by atoms with Crippen molar-refractivity contribution in [3.8, 4) is 33.4 Å². The summed E-state index contributed by atoms with van der Waals surface area (Å²) in [5, 5.41) is 6.87. The molecular formula is C55H37NO2. The number of furan rings is 2. The lowest BCUT2D eigenvalue weighted by Gasteiger charge is -2.30. The Bertz CT molecular complexity index is 3440. The van der Waals surface area contributed by atoms with Crippen LogP contribution in [0.15, 0.2) is 197 Å². The fraction of sp³-hybridized carbons (Fsp3) is 0.0545. The van der Waals surface area contributed by atoms with Crippen LogP contribution in [-0.2, 0) is 5.41 Å².